The Balaban J connectivity index is 2.60. The summed E-state index contributed by atoms with van der Waals surface area (Å²) in [6.45, 7) is 4.74. The van der Waals surface area contributed by atoms with Crippen LogP contribution >= 0.6 is 0 Å². The Morgan fingerprint density at radius 3 is 2.82 bits per heavy atom. The van der Waals surface area contributed by atoms with Gasteiger partial charge in [-0.25, -0.2) is 4.79 Å². The lowest BCUT2D eigenvalue weighted by Crippen LogP contribution is -2.11. The number of carbonyl (C=O) groups is 1. The first-order valence-corrected chi connectivity index (χ1v) is 5.69. The summed E-state index contributed by atoms with van der Waals surface area (Å²) in [6.07, 6.45) is 3.97. The van der Waals surface area contributed by atoms with Crippen LogP contribution in [-0.4, -0.2) is 19.7 Å². The zero-order chi connectivity index (χ0) is 12.4. The van der Waals surface area contributed by atoms with Crippen molar-refractivity contribution in [3.05, 3.63) is 34.9 Å². The number of benzene rings is 1. The Morgan fingerprint density at radius 2 is 2.18 bits per heavy atom. The molecule has 0 saturated carbocycles. The lowest BCUT2D eigenvalue weighted by atomic mass is 9.93. The molecular weight excluding hydrogens is 216 g/mol. The molecule has 1 heterocycles. The Kier molecular flexibility index (Phi) is 3.18. The van der Waals surface area contributed by atoms with Gasteiger partial charge in [0.15, 0.2) is 0 Å². The van der Waals surface area contributed by atoms with Gasteiger partial charge in [0.05, 0.1) is 7.11 Å². The van der Waals surface area contributed by atoms with Gasteiger partial charge in [0.2, 0.25) is 0 Å². The topological polar surface area (TPSA) is 35.5 Å². The third-order valence-corrected chi connectivity index (χ3v) is 2.87. The van der Waals surface area contributed by atoms with E-state index in [4.69, 9.17) is 9.47 Å². The van der Waals surface area contributed by atoms with E-state index in [1.54, 1.807) is 6.07 Å². The molecule has 0 aromatic heterocycles. The average Bonchev–Trinajstić information content (AvgIpc) is 2.36. The largest absolute Gasteiger partial charge is 0.488 e. The standard InChI is InChI=1S/C14H16O3/c1-9(2)10-6-7-12(14(15)16-3)13-11(10)5-4-8-17-13/h4-7,9H,8H2,1-3H3. The molecule has 3 nitrogen and oxygen atoms in total. The van der Waals surface area contributed by atoms with Crippen molar-refractivity contribution in [3.8, 4) is 5.75 Å². The van der Waals surface area contributed by atoms with Crippen molar-refractivity contribution in [1.29, 1.82) is 0 Å². The molecule has 0 N–H and O–H groups in total. The second-order valence-electron chi connectivity index (χ2n) is 4.30. The van der Waals surface area contributed by atoms with E-state index >= 15 is 0 Å². The van der Waals surface area contributed by atoms with Crippen LogP contribution < -0.4 is 4.74 Å². The SMILES string of the molecule is COC(=O)c1ccc(C(C)C)c2c1OCC=C2. The third kappa shape index (κ3) is 2.05. The fourth-order valence-electron chi connectivity index (χ4n) is 2.01. The summed E-state index contributed by atoms with van der Waals surface area (Å²) >= 11 is 0. The van der Waals surface area contributed by atoms with Crippen molar-refractivity contribution < 1.29 is 14.3 Å². The first-order chi connectivity index (χ1) is 8.15. The van der Waals surface area contributed by atoms with E-state index in [1.807, 2.05) is 18.2 Å². The molecule has 0 bridgehead atoms. The van der Waals surface area contributed by atoms with Gasteiger partial charge in [-0.05, 0) is 23.6 Å². The maximum absolute atomic E-state index is 11.6. The minimum Gasteiger partial charge on any atom is -0.488 e. The Labute approximate surface area is 101 Å². The fourth-order valence-corrected chi connectivity index (χ4v) is 2.01. The summed E-state index contributed by atoms with van der Waals surface area (Å²) in [7, 11) is 1.38. The molecule has 0 saturated heterocycles. The zero-order valence-corrected chi connectivity index (χ0v) is 10.3. The third-order valence-electron chi connectivity index (χ3n) is 2.87. The highest BCUT2D eigenvalue weighted by molar-refractivity contribution is 5.94. The van der Waals surface area contributed by atoms with Crippen LogP contribution in [0, 0.1) is 0 Å². The predicted octanol–water partition coefficient (Wildman–Crippen LogP) is 3.00. The van der Waals surface area contributed by atoms with Crippen molar-refractivity contribution in [2.75, 3.05) is 13.7 Å². The van der Waals surface area contributed by atoms with Crippen LogP contribution in [0.1, 0.15) is 41.3 Å². The number of hydrogen-bond acceptors (Lipinski definition) is 3. The van der Waals surface area contributed by atoms with Crippen molar-refractivity contribution in [3.63, 3.8) is 0 Å². The number of hydrogen-bond donors (Lipinski definition) is 0. The van der Waals surface area contributed by atoms with Crippen LogP contribution in [0.4, 0.5) is 0 Å². The van der Waals surface area contributed by atoms with Gasteiger partial charge in [0.25, 0.3) is 0 Å². The van der Waals surface area contributed by atoms with Crippen LogP contribution in [-0.2, 0) is 4.74 Å². The molecule has 0 spiro atoms. The monoisotopic (exact) mass is 232 g/mol. The van der Waals surface area contributed by atoms with Gasteiger partial charge >= 0.3 is 5.97 Å². The number of rotatable bonds is 2. The lowest BCUT2D eigenvalue weighted by molar-refractivity contribution is 0.0596. The number of methoxy groups -OCH3 is 1. The maximum Gasteiger partial charge on any atom is 0.341 e. The second kappa shape index (κ2) is 4.62. The van der Waals surface area contributed by atoms with E-state index in [2.05, 4.69) is 13.8 Å². The molecule has 1 aromatic carbocycles. The summed E-state index contributed by atoms with van der Waals surface area (Å²) in [5.41, 5.74) is 2.68. The van der Waals surface area contributed by atoms with Crippen molar-refractivity contribution >= 4 is 12.0 Å². The first kappa shape index (κ1) is 11.7. The molecule has 1 aliphatic heterocycles. The highest BCUT2D eigenvalue weighted by Gasteiger charge is 2.21. The van der Waals surface area contributed by atoms with E-state index in [0.29, 0.717) is 23.8 Å². The summed E-state index contributed by atoms with van der Waals surface area (Å²) in [5.74, 6) is 0.680. The molecule has 0 aliphatic carbocycles. The first-order valence-electron chi connectivity index (χ1n) is 5.69. The number of esters is 1. The molecule has 3 heteroatoms. The summed E-state index contributed by atoms with van der Waals surface area (Å²) in [6, 6.07) is 3.74. The molecule has 0 amide bonds. The normalized spacial score (nSPS) is 13.2. The number of carbonyl (C=O) groups excluding carboxylic acids is 1. The van der Waals surface area contributed by atoms with Crippen LogP contribution in [0.15, 0.2) is 18.2 Å². The molecule has 90 valence electrons. The van der Waals surface area contributed by atoms with Gasteiger partial charge in [-0.15, -0.1) is 0 Å². The van der Waals surface area contributed by atoms with E-state index in [0.717, 1.165) is 5.56 Å². The van der Waals surface area contributed by atoms with Crippen LogP contribution in [0.3, 0.4) is 0 Å². The quantitative estimate of drug-likeness (QED) is 0.735. The molecule has 1 aromatic rings. The summed E-state index contributed by atoms with van der Waals surface area (Å²) in [4.78, 5) is 11.6. The molecule has 1 aliphatic rings. The second-order valence-corrected chi connectivity index (χ2v) is 4.30. The predicted molar refractivity (Wildman–Crippen MR) is 66.4 cm³/mol. The average molecular weight is 232 g/mol. The molecule has 0 fully saturated rings. The van der Waals surface area contributed by atoms with Gasteiger partial charge in [0, 0.05) is 5.56 Å². The van der Waals surface area contributed by atoms with Crippen molar-refractivity contribution in [2.24, 2.45) is 0 Å². The minimum atomic E-state index is -0.355. The van der Waals surface area contributed by atoms with Gasteiger partial charge < -0.3 is 9.47 Å². The molecule has 17 heavy (non-hydrogen) atoms. The van der Waals surface area contributed by atoms with E-state index in [-0.39, 0.29) is 5.97 Å². The van der Waals surface area contributed by atoms with Crippen molar-refractivity contribution in [2.45, 2.75) is 19.8 Å². The smallest absolute Gasteiger partial charge is 0.341 e. The zero-order valence-electron chi connectivity index (χ0n) is 10.3. The summed E-state index contributed by atoms with van der Waals surface area (Å²) in [5, 5.41) is 0. The minimum absolute atomic E-state index is 0.355. The molecular formula is C14H16O3. The van der Waals surface area contributed by atoms with Crippen LogP contribution in [0.2, 0.25) is 0 Å². The van der Waals surface area contributed by atoms with Crippen LogP contribution in [0.25, 0.3) is 6.08 Å². The Hall–Kier alpha value is -1.77. The summed E-state index contributed by atoms with van der Waals surface area (Å²) < 4.78 is 10.3. The molecule has 0 atom stereocenters. The Bertz CT molecular complexity index is 473. The van der Waals surface area contributed by atoms with E-state index in [9.17, 15) is 4.79 Å². The van der Waals surface area contributed by atoms with Gasteiger partial charge in [-0.3, -0.25) is 0 Å². The van der Waals surface area contributed by atoms with Gasteiger partial charge in [-0.1, -0.05) is 26.0 Å². The molecule has 0 radical (unpaired) electrons. The van der Waals surface area contributed by atoms with Gasteiger partial charge in [-0.2, -0.15) is 0 Å². The lowest BCUT2D eigenvalue weighted by Gasteiger charge is -2.20. The molecule has 0 unspecified atom stereocenters. The number of ether oxygens (including phenoxy) is 2. The highest BCUT2D eigenvalue weighted by atomic mass is 16.5. The van der Waals surface area contributed by atoms with E-state index in [1.165, 1.54) is 12.7 Å². The molecule has 2 rings (SSSR count). The van der Waals surface area contributed by atoms with Crippen molar-refractivity contribution in [1.82, 2.24) is 0 Å². The maximum atomic E-state index is 11.6. The highest BCUT2D eigenvalue weighted by Crippen LogP contribution is 2.34. The van der Waals surface area contributed by atoms with E-state index < -0.39 is 0 Å². The number of fused-ring (bicyclic) bond motifs is 1. The Morgan fingerprint density at radius 1 is 1.41 bits per heavy atom. The van der Waals surface area contributed by atoms with Crippen LogP contribution in [0.5, 0.6) is 5.75 Å². The van der Waals surface area contributed by atoms with Gasteiger partial charge in [0.1, 0.15) is 17.9 Å². The fraction of sp³-hybridized carbons (Fsp3) is 0.357.